The van der Waals surface area contributed by atoms with E-state index in [1.165, 1.54) is 6.07 Å². The van der Waals surface area contributed by atoms with E-state index in [0.717, 1.165) is 0 Å². The number of ether oxygens (including phenoxy) is 1. The molecule has 0 atom stereocenters. The number of rotatable bonds is 2. The smallest absolute Gasteiger partial charge is 0.160 e. The Morgan fingerprint density at radius 3 is 2.75 bits per heavy atom. The van der Waals surface area contributed by atoms with E-state index in [1.54, 1.807) is 6.07 Å². The Kier molecular flexibility index (Phi) is 3.37. The Balaban J connectivity index is 2.42. The topological polar surface area (TPSA) is 12.5 Å². The predicted octanol–water partition coefficient (Wildman–Crippen LogP) is 3.32. The average Bonchev–Trinajstić information content (AvgIpc) is 2.32. The second-order valence-corrected chi connectivity index (χ2v) is 4.74. The third kappa shape index (κ3) is 2.57. The first-order valence-electron chi connectivity index (χ1n) is 5.91. The first-order valence-corrected chi connectivity index (χ1v) is 6.49. The van der Waals surface area contributed by atoms with Crippen molar-refractivity contribution in [2.75, 3.05) is 31.2 Å². The number of benzene rings is 1. The summed E-state index contributed by atoms with van der Waals surface area (Å²) in [5.74, 6) is -0.364. The third-order valence-electron chi connectivity index (χ3n) is 2.47. The maximum absolute atomic E-state index is 14.1. The fourth-order valence-electron chi connectivity index (χ4n) is 1.66. The molecule has 5 heteroatoms. The van der Waals surface area contributed by atoms with E-state index in [4.69, 9.17) is 7.48 Å². The normalized spacial score (nSPS) is 19.3. The minimum atomic E-state index is -1.68. The monoisotopic (exact) mass is 353 g/mol. The molecule has 1 heterocycles. The first kappa shape index (κ1) is 9.85. The van der Waals surface area contributed by atoms with Crippen molar-refractivity contribution in [1.82, 2.24) is 0 Å². The maximum atomic E-state index is 14.1. The molecule has 0 bridgehead atoms. The van der Waals surface area contributed by atoms with Crippen LogP contribution in [0.5, 0.6) is 0 Å². The molecule has 0 radical (unpaired) electrons. The highest BCUT2D eigenvalue weighted by Gasteiger charge is 2.17. The van der Waals surface area contributed by atoms with Gasteiger partial charge in [0.2, 0.25) is 0 Å². The van der Waals surface area contributed by atoms with Gasteiger partial charge >= 0.3 is 0 Å². The van der Waals surface area contributed by atoms with E-state index in [1.807, 2.05) is 4.90 Å². The number of morpholine rings is 1. The Labute approximate surface area is 114 Å². The van der Waals surface area contributed by atoms with Gasteiger partial charge in [0.05, 0.1) is 23.4 Å². The Bertz CT molecular complexity index is 447. The molecule has 88 valence electrons. The molecule has 1 aromatic rings. The molecule has 0 amide bonds. The summed E-state index contributed by atoms with van der Waals surface area (Å²) in [5, 5.41) is -1.68. The summed E-state index contributed by atoms with van der Waals surface area (Å²) < 4.78 is 34.9. The Morgan fingerprint density at radius 1 is 1.44 bits per heavy atom. The number of halogens is 3. The molecule has 0 aliphatic carbocycles. The van der Waals surface area contributed by atoms with Crippen LogP contribution in [0.25, 0.3) is 0 Å². The second kappa shape index (κ2) is 5.47. The van der Waals surface area contributed by atoms with Gasteiger partial charge in [-0.05, 0) is 33.6 Å². The van der Waals surface area contributed by atoms with Gasteiger partial charge < -0.3 is 9.64 Å². The lowest BCUT2D eigenvalue weighted by Crippen LogP contribution is -2.36. The molecule has 2 nitrogen and oxygen atoms in total. The van der Waals surface area contributed by atoms with E-state index in [0.29, 0.717) is 37.6 Å². The maximum Gasteiger partial charge on any atom is 0.160 e. The number of alkyl halides is 1. The average molecular weight is 355 g/mol. The van der Waals surface area contributed by atoms with Crippen molar-refractivity contribution in [3.8, 4) is 0 Å². The van der Waals surface area contributed by atoms with E-state index < -0.39 is 5.28 Å². The zero-order valence-corrected chi connectivity index (χ0v) is 11.6. The van der Waals surface area contributed by atoms with E-state index in [9.17, 15) is 4.39 Å². The quantitative estimate of drug-likeness (QED) is 0.755. The summed E-state index contributed by atoms with van der Waals surface area (Å²) in [6.45, 7) is 2.33. The fourth-order valence-corrected chi connectivity index (χ4v) is 2.34. The first-order chi connectivity index (χ1) is 8.39. The zero-order chi connectivity index (χ0) is 13.3. The summed E-state index contributed by atoms with van der Waals surface area (Å²) in [6, 6.07) is 2.99. The highest BCUT2D eigenvalue weighted by atomic mass is 79.9. The predicted molar refractivity (Wildman–Crippen MR) is 69.8 cm³/mol. The molecular weight excluding hydrogens is 341 g/mol. The van der Waals surface area contributed by atoms with Gasteiger partial charge in [0.25, 0.3) is 0 Å². The summed E-state index contributed by atoms with van der Waals surface area (Å²) >= 11 is 6.09. The summed E-state index contributed by atoms with van der Waals surface area (Å²) in [6.07, 6.45) is 0. The molecule has 1 fully saturated rings. The number of nitrogens with zero attached hydrogens (tertiary/aromatic N) is 1. The van der Waals surface area contributed by atoms with Crippen LogP contribution in [0, 0.1) is 5.82 Å². The van der Waals surface area contributed by atoms with Gasteiger partial charge in [0.1, 0.15) is 0 Å². The number of hydrogen-bond donors (Lipinski definition) is 0. The summed E-state index contributed by atoms with van der Waals surface area (Å²) in [4.78, 5) is 1.87. The molecule has 0 unspecified atom stereocenters. The van der Waals surface area contributed by atoms with Gasteiger partial charge in [-0.3, -0.25) is 0 Å². The summed E-state index contributed by atoms with van der Waals surface area (Å²) in [7, 11) is 0. The van der Waals surface area contributed by atoms with Gasteiger partial charge in [-0.1, -0.05) is 15.9 Å². The van der Waals surface area contributed by atoms with Gasteiger partial charge in [-0.2, -0.15) is 0 Å². The highest BCUT2D eigenvalue weighted by Crippen LogP contribution is 2.29. The molecular formula is C11H12Br2FNO. The van der Waals surface area contributed by atoms with Gasteiger partial charge in [0, 0.05) is 21.1 Å². The minimum absolute atomic E-state index is 0.268. The molecule has 2 rings (SSSR count). The second-order valence-electron chi connectivity index (χ2n) is 3.49. The Hall–Kier alpha value is -0.130. The lowest BCUT2D eigenvalue weighted by molar-refractivity contribution is 0.122. The van der Waals surface area contributed by atoms with Crippen molar-refractivity contribution in [3.63, 3.8) is 0 Å². The van der Waals surface area contributed by atoms with Crippen LogP contribution in [0.1, 0.15) is 8.30 Å². The lowest BCUT2D eigenvalue weighted by atomic mass is 10.2. The lowest BCUT2D eigenvalue weighted by Gasteiger charge is -2.29. The Morgan fingerprint density at radius 2 is 2.12 bits per heavy atom. The van der Waals surface area contributed by atoms with Crippen LogP contribution in [0.15, 0.2) is 16.6 Å². The van der Waals surface area contributed by atoms with Crippen LogP contribution in [-0.4, -0.2) is 26.3 Å². The van der Waals surface area contributed by atoms with Crippen LogP contribution in [0.3, 0.4) is 0 Å². The van der Waals surface area contributed by atoms with E-state index in [-0.39, 0.29) is 10.3 Å². The van der Waals surface area contributed by atoms with Crippen LogP contribution >= 0.6 is 31.9 Å². The van der Waals surface area contributed by atoms with E-state index in [2.05, 4.69) is 31.9 Å². The SMILES string of the molecule is [2H]C([2H])(Br)c1cc(Br)c(F)c(N2CCOCC2)c1. The van der Waals surface area contributed by atoms with Crippen molar-refractivity contribution in [2.45, 2.75) is 5.28 Å². The molecule has 16 heavy (non-hydrogen) atoms. The largest absolute Gasteiger partial charge is 0.378 e. The standard InChI is InChI=1S/C11H12Br2FNO/c12-7-8-5-9(13)11(14)10(6-8)15-1-3-16-4-2-15/h5-6H,1-4,7H2/i7D2. The van der Waals surface area contributed by atoms with Crippen LogP contribution < -0.4 is 4.90 Å². The van der Waals surface area contributed by atoms with E-state index >= 15 is 0 Å². The van der Waals surface area contributed by atoms with Crippen molar-refractivity contribution in [2.24, 2.45) is 0 Å². The van der Waals surface area contributed by atoms with Crippen molar-refractivity contribution in [3.05, 3.63) is 28.0 Å². The molecule has 0 saturated carbocycles. The zero-order valence-electron chi connectivity index (χ0n) is 10.5. The number of hydrogen-bond acceptors (Lipinski definition) is 2. The minimum Gasteiger partial charge on any atom is -0.378 e. The molecule has 0 aromatic heterocycles. The van der Waals surface area contributed by atoms with Crippen molar-refractivity contribution < 1.29 is 11.9 Å². The molecule has 0 N–H and O–H groups in total. The van der Waals surface area contributed by atoms with Gasteiger partial charge in [0.15, 0.2) is 5.82 Å². The fraction of sp³-hybridized carbons (Fsp3) is 0.455. The van der Waals surface area contributed by atoms with Gasteiger partial charge in [-0.15, -0.1) is 0 Å². The highest BCUT2D eigenvalue weighted by molar-refractivity contribution is 9.10. The summed E-state index contributed by atoms with van der Waals surface area (Å²) in [5.41, 5.74) is 0.795. The molecule has 1 aromatic carbocycles. The molecule has 1 saturated heterocycles. The van der Waals surface area contributed by atoms with Crippen molar-refractivity contribution in [1.29, 1.82) is 0 Å². The van der Waals surface area contributed by atoms with Crippen LogP contribution in [0.2, 0.25) is 0 Å². The van der Waals surface area contributed by atoms with Gasteiger partial charge in [-0.25, -0.2) is 4.39 Å². The van der Waals surface area contributed by atoms with Crippen LogP contribution in [0.4, 0.5) is 10.1 Å². The van der Waals surface area contributed by atoms with Crippen molar-refractivity contribution >= 4 is 37.5 Å². The number of anilines is 1. The third-order valence-corrected chi connectivity index (χ3v) is 3.50. The molecule has 1 aliphatic heterocycles. The molecule has 1 aliphatic rings. The molecule has 0 spiro atoms. The van der Waals surface area contributed by atoms with Crippen LogP contribution in [-0.2, 0) is 10.0 Å².